The summed E-state index contributed by atoms with van der Waals surface area (Å²) in [5.41, 5.74) is 2.64. The van der Waals surface area contributed by atoms with Gasteiger partial charge in [-0.25, -0.2) is 0 Å². The van der Waals surface area contributed by atoms with E-state index in [9.17, 15) is 0 Å². The molecule has 0 nitrogen and oxygen atoms in total. The molecule has 0 bridgehead atoms. The van der Waals surface area contributed by atoms with E-state index in [1.165, 1.54) is 21.9 Å². The first-order chi connectivity index (χ1) is 10.1. The summed E-state index contributed by atoms with van der Waals surface area (Å²) in [6, 6.07) is 24.5. The predicted molar refractivity (Wildman–Crippen MR) is 93.0 cm³/mol. The molecule has 0 aliphatic heterocycles. The zero-order chi connectivity index (χ0) is 15.2. The Hall–Kier alpha value is -0.656. The molecule has 3 rings (SSSR count). The van der Waals surface area contributed by atoms with Crippen LogP contribution in [0.3, 0.4) is 0 Å². The standard InChI is InChI=1S/C12H17.C9H7.2ClH.Ti/c1-9(2)11-6-5-7-12(8-11)10(3)4;1-2-5-9-7-3-6-8(9)4-1;;;/h5-7,9-10H,1-4H3;1-7H;2*1H;/q2*-1;;;+4/p-2. The van der Waals surface area contributed by atoms with Crippen LogP contribution in [-0.2, 0) is 21.7 Å². The van der Waals surface area contributed by atoms with Crippen molar-refractivity contribution in [1.82, 2.24) is 0 Å². The van der Waals surface area contributed by atoms with Gasteiger partial charge in [-0.15, -0.1) is 29.7 Å². The Morgan fingerprint density at radius 1 is 0.750 bits per heavy atom. The molecular formula is C21H24Cl2Ti. The van der Waals surface area contributed by atoms with E-state index in [-0.39, 0.29) is 46.5 Å². The third-order valence-electron chi connectivity index (χ3n) is 3.63. The fraction of sp³-hybridized carbons (Fsp3) is 0.286. The van der Waals surface area contributed by atoms with Gasteiger partial charge in [-0.05, 0) is 11.8 Å². The summed E-state index contributed by atoms with van der Waals surface area (Å²) in [4.78, 5) is 0. The van der Waals surface area contributed by atoms with E-state index in [4.69, 9.17) is 0 Å². The van der Waals surface area contributed by atoms with Crippen LogP contribution in [0.5, 0.6) is 0 Å². The number of benzene rings is 2. The van der Waals surface area contributed by atoms with Gasteiger partial charge in [-0.2, -0.15) is 52.9 Å². The van der Waals surface area contributed by atoms with Gasteiger partial charge in [0.05, 0.1) is 0 Å². The van der Waals surface area contributed by atoms with E-state index >= 15 is 0 Å². The molecule has 0 aromatic heterocycles. The van der Waals surface area contributed by atoms with Gasteiger partial charge >= 0.3 is 21.7 Å². The van der Waals surface area contributed by atoms with E-state index in [0.717, 1.165) is 0 Å². The molecule has 0 atom stereocenters. The van der Waals surface area contributed by atoms with Crippen molar-refractivity contribution in [1.29, 1.82) is 0 Å². The van der Waals surface area contributed by atoms with Gasteiger partial charge in [0.15, 0.2) is 0 Å². The molecule has 24 heavy (non-hydrogen) atoms. The Balaban J connectivity index is 0. The van der Waals surface area contributed by atoms with Gasteiger partial charge in [-0.1, -0.05) is 33.8 Å². The van der Waals surface area contributed by atoms with Gasteiger partial charge < -0.3 is 24.8 Å². The van der Waals surface area contributed by atoms with Crippen molar-refractivity contribution in [2.75, 3.05) is 0 Å². The summed E-state index contributed by atoms with van der Waals surface area (Å²) in [5, 5.41) is 2.66. The normalized spacial score (nSPS) is 9.42. The Morgan fingerprint density at radius 3 is 1.79 bits per heavy atom. The molecule has 3 aromatic carbocycles. The van der Waals surface area contributed by atoms with Crippen LogP contribution in [-0.4, -0.2) is 0 Å². The predicted octanol–water partition coefficient (Wildman–Crippen LogP) is 0.298. The second-order valence-electron chi connectivity index (χ2n) is 6.03. The van der Waals surface area contributed by atoms with Crippen molar-refractivity contribution < 1.29 is 46.5 Å². The number of fused-ring (bicyclic) bond motifs is 1. The Labute approximate surface area is 174 Å². The maximum absolute atomic E-state index is 3.44. The molecule has 0 fully saturated rings. The van der Waals surface area contributed by atoms with Crippen LogP contribution in [0.4, 0.5) is 0 Å². The third kappa shape index (κ3) is 7.49. The molecule has 0 amide bonds. The number of rotatable bonds is 2. The van der Waals surface area contributed by atoms with Crippen LogP contribution in [0.1, 0.15) is 50.7 Å². The molecule has 0 radical (unpaired) electrons. The summed E-state index contributed by atoms with van der Waals surface area (Å²) in [7, 11) is 0. The van der Waals surface area contributed by atoms with Crippen molar-refractivity contribution in [3.8, 4) is 0 Å². The smallest absolute Gasteiger partial charge is 1.00 e. The minimum atomic E-state index is 0. The second kappa shape index (κ2) is 12.7. The van der Waals surface area contributed by atoms with Crippen molar-refractivity contribution >= 4 is 10.8 Å². The Kier molecular flexibility index (Phi) is 13.5. The van der Waals surface area contributed by atoms with Crippen molar-refractivity contribution in [2.24, 2.45) is 0 Å². The van der Waals surface area contributed by atoms with Gasteiger partial charge in [0, 0.05) is 0 Å². The van der Waals surface area contributed by atoms with Gasteiger partial charge in [0.1, 0.15) is 0 Å². The SMILES string of the molecule is CC(C)c1[c-]c(C(C)C)ccc1.[Cl-].[Cl-].[Ti+4].c1ccc2[cH-]ccc2c1. The largest absolute Gasteiger partial charge is 4.00 e. The molecule has 0 N–H and O–H groups in total. The van der Waals surface area contributed by atoms with Crippen LogP contribution in [0.25, 0.3) is 10.8 Å². The van der Waals surface area contributed by atoms with Crippen LogP contribution in [0.2, 0.25) is 0 Å². The zero-order valence-corrected chi connectivity index (χ0v) is 17.8. The zero-order valence-electron chi connectivity index (χ0n) is 14.7. The fourth-order valence-electron chi connectivity index (χ4n) is 2.25. The number of hydrogen-bond acceptors (Lipinski definition) is 0. The molecule has 0 spiro atoms. The van der Waals surface area contributed by atoms with E-state index < -0.39 is 0 Å². The molecular weight excluding hydrogens is 371 g/mol. The second-order valence-corrected chi connectivity index (χ2v) is 6.03. The first kappa shape index (κ1) is 25.6. The van der Waals surface area contributed by atoms with Crippen LogP contribution < -0.4 is 24.8 Å². The van der Waals surface area contributed by atoms with E-state index in [1.807, 2.05) is 0 Å². The molecule has 3 heteroatoms. The fourth-order valence-corrected chi connectivity index (χ4v) is 2.25. The van der Waals surface area contributed by atoms with Gasteiger partial charge in [0.25, 0.3) is 0 Å². The molecule has 0 heterocycles. The minimum absolute atomic E-state index is 0. The van der Waals surface area contributed by atoms with E-state index in [0.29, 0.717) is 11.8 Å². The molecule has 3 aromatic rings. The number of halogens is 2. The van der Waals surface area contributed by atoms with Crippen LogP contribution in [0, 0.1) is 6.07 Å². The monoisotopic (exact) mass is 394 g/mol. The maximum Gasteiger partial charge on any atom is 4.00 e. The first-order valence-electron chi connectivity index (χ1n) is 7.70. The quantitative estimate of drug-likeness (QED) is 0.433. The van der Waals surface area contributed by atoms with E-state index in [2.05, 4.69) is 94.4 Å². The summed E-state index contributed by atoms with van der Waals surface area (Å²) in [6.45, 7) is 8.82. The summed E-state index contributed by atoms with van der Waals surface area (Å²) < 4.78 is 0. The van der Waals surface area contributed by atoms with Crippen molar-refractivity contribution in [2.45, 2.75) is 39.5 Å². The van der Waals surface area contributed by atoms with Crippen molar-refractivity contribution in [3.05, 3.63) is 77.9 Å². The molecule has 0 aliphatic rings. The summed E-state index contributed by atoms with van der Waals surface area (Å²) in [6.07, 6.45) is 0. The first-order valence-corrected chi connectivity index (χ1v) is 7.70. The molecule has 0 aliphatic carbocycles. The molecule has 0 saturated heterocycles. The molecule has 0 unspecified atom stereocenters. The van der Waals surface area contributed by atoms with Gasteiger partial charge in [0.2, 0.25) is 0 Å². The third-order valence-corrected chi connectivity index (χ3v) is 3.63. The minimum Gasteiger partial charge on any atom is -1.00 e. The average Bonchev–Trinajstić information content (AvgIpc) is 2.96. The Bertz CT molecular complexity index is 633. The van der Waals surface area contributed by atoms with Crippen LogP contribution in [0.15, 0.2) is 60.7 Å². The van der Waals surface area contributed by atoms with Crippen molar-refractivity contribution in [3.63, 3.8) is 0 Å². The summed E-state index contributed by atoms with van der Waals surface area (Å²) in [5.74, 6) is 1.17. The topological polar surface area (TPSA) is 0 Å². The molecule has 126 valence electrons. The maximum atomic E-state index is 3.44. The average molecular weight is 395 g/mol. The van der Waals surface area contributed by atoms with Gasteiger partial charge in [-0.3, -0.25) is 0 Å². The summed E-state index contributed by atoms with van der Waals surface area (Å²) >= 11 is 0. The molecule has 0 saturated carbocycles. The Morgan fingerprint density at radius 2 is 1.29 bits per heavy atom. The van der Waals surface area contributed by atoms with Crippen LogP contribution >= 0.6 is 0 Å². The van der Waals surface area contributed by atoms with E-state index in [1.54, 1.807) is 0 Å². The number of hydrogen-bond donors (Lipinski definition) is 0.